The van der Waals surface area contributed by atoms with Gasteiger partial charge >= 0.3 is 11.9 Å². The van der Waals surface area contributed by atoms with Crippen LogP contribution in [0.15, 0.2) is 0 Å². The lowest BCUT2D eigenvalue weighted by Crippen LogP contribution is -2.40. The van der Waals surface area contributed by atoms with Crippen LogP contribution >= 0.6 is 0 Å². The van der Waals surface area contributed by atoms with Crippen LogP contribution in [0, 0.1) is 0 Å². The highest BCUT2D eigenvalue weighted by Gasteiger charge is 2.20. The van der Waals surface area contributed by atoms with E-state index in [4.69, 9.17) is 0 Å². The van der Waals surface area contributed by atoms with Gasteiger partial charge in [0.05, 0.1) is 27.2 Å². The molecule has 0 saturated heterocycles. The Morgan fingerprint density at radius 1 is 1.05 bits per heavy atom. The molecule has 0 spiro atoms. The summed E-state index contributed by atoms with van der Waals surface area (Å²) in [6.45, 7) is -1.87. The maximum Gasteiger partial charge on any atom is 0.325 e. The molecule has 0 radical (unpaired) electrons. The Balaban J connectivity index is 4.32. The van der Waals surface area contributed by atoms with E-state index in [1.807, 2.05) is 0 Å². The highest BCUT2D eigenvalue weighted by Crippen LogP contribution is 1.99. The zero-order chi connectivity index (χ0) is 15.5. The van der Waals surface area contributed by atoms with Gasteiger partial charge in [0.2, 0.25) is 5.91 Å². The quantitative estimate of drug-likeness (QED) is 0.434. The zero-order valence-corrected chi connectivity index (χ0v) is 11.3. The first-order valence-electron chi connectivity index (χ1n) is 5.68. The number of esters is 2. The van der Waals surface area contributed by atoms with Gasteiger partial charge in [-0.3, -0.25) is 14.4 Å². The maximum absolute atomic E-state index is 11.8. The molecular weight excluding hydrogens is 280 g/mol. The summed E-state index contributed by atoms with van der Waals surface area (Å²) in [6, 6.07) is 0. The molecule has 0 bridgehead atoms. The third-order valence-corrected chi connectivity index (χ3v) is 2.15. The molecule has 0 fully saturated rings. The topological polar surface area (TPSA) is 82.1 Å². The fourth-order valence-corrected chi connectivity index (χ4v) is 1.16. The summed E-state index contributed by atoms with van der Waals surface area (Å²) in [6.07, 6.45) is -2.85. The number of carbonyl (C=O) groups is 3. The molecular formula is C11H17F2NO6. The van der Waals surface area contributed by atoms with E-state index in [2.05, 4.69) is 14.2 Å². The Morgan fingerprint density at radius 2 is 1.55 bits per heavy atom. The number of alkyl halides is 2. The number of ether oxygens (including phenoxy) is 3. The van der Waals surface area contributed by atoms with Gasteiger partial charge in [0.1, 0.15) is 19.7 Å². The Hall–Kier alpha value is -1.77. The molecule has 0 rings (SSSR count). The van der Waals surface area contributed by atoms with Crippen molar-refractivity contribution in [1.29, 1.82) is 0 Å². The zero-order valence-electron chi connectivity index (χ0n) is 11.3. The van der Waals surface area contributed by atoms with Crippen molar-refractivity contribution in [3.63, 3.8) is 0 Å². The first-order chi connectivity index (χ1) is 9.40. The number of amides is 1. The van der Waals surface area contributed by atoms with Gasteiger partial charge in [-0.15, -0.1) is 0 Å². The second-order valence-corrected chi connectivity index (χ2v) is 3.62. The van der Waals surface area contributed by atoms with E-state index in [1.54, 1.807) is 0 Å². The van der Waals surface area contributed by atoms with Crippen LogP contribution in [0.2, 0.25) is 0 Å². The van der Waals surface area contributed by atoms with E-state index in [0.717, 1.165) is 19.1 Å². The van der Waals surface area contributed by atoms with Gasteiger partial charge in [-0.25, -0.2) is 8.78 Å². The molecule has 0 saturated carbocycles. The van der Waals surface area contributed by atoms with Gasteiger partial charge in [0.15, 0.2) is 0 Å². The molecule has 1 amide bonds. The van der Waals surface area contributed by atoms with Gasteiger partial charge in [0.25, 0.3) is 6.43 Å². The molecule has 0 aromatic rings. The van der Waals surface area contributed by atoms with E-state index >= 15 is 0 Å². The molecule has 7 nitrogen and oxygen atoms in total. The molecule has 0 aliphatic rings. The van der Waals surface area contributed by atoms with Crippen LogP contribution in [0.3, 0.4) is 0 Å². The minimum atomic E-state index is -2.62. The molecule has 0 atom stereocenters. The number of rotatable bonds is 9. The molecule has 0 aliphatic carbocycles. The Bertz CT molecular complexity index is 319. The SMILES string of the molecule is COC(=O)CN(CC(=O)OC)C(=O)CCOCC(F)F. The number of halogens is 2. The van der Waals surface area contributed by atoms with Crippen molar-refractivity contribution in [3.8, 4) is 0 Å². The van der Waals surface area contributed by atoms with Crippen LogP contribution in [-0.4, -0.2) is 69.7 Å². The van der Waals surface area contributed by atoms with E-state index in [9.17, 15) is 23.2 Å². The highest BCUT2D eigenvalue weighted by molar-refractivity contribution is 5.86. The van der Waals surface area contributed by atoms with E-state index in [-0.39, 0.29) is 13.0 Å². The summed E-state index contributed by atoms with van der Waals surface area (Å²) < 4.78 is 36.9. The lowest BCUT2D eigenvalue weighted by molar-refractivity contribution is -0.152. The highest BCUT2D eigenvalue weighted by atomic mass is 19.3. The minimum absolute atomic E-state index is 0.234. The van der Waals surface area contributed by atoms with Crippen LogP contribution in [0.25, 0.3) is 0 Å². The van der Waals surface area contributed by atoms with Gasteiger partial charge < -0.3 is 19.1 Å². The summed E-state index contributed by atoms with van der Waals surface area (Å²) in [5.74, 6) is -2.03. The van der Waals surface area contributed by atoms with Crippen molar-refractivity contribution >= 4 is 17.8 Å². The maximum atomic E-state index is 11.8. The molecule has 116 valence electrons. The van der Waals surface area contributed by atoms with Gasteiger partial charge in [-0.05, 0) is 0 Å². The summed E-state index contributed by atoms with van der Waals surface area (Å²) >= 11 is 0. The Labute approximate surface area is 114 Å². The number of nitrogens with zero attached hydrogens (tertiary/aromatic N) is 1. The Kier molecular flexibility index (Phi) is 9.18. The molecule has 0 aromatic carbocycles. The van der Waals surface area contributed by atoms with Gasteiger partial charge in [-0.1, -0.05) is 0 Å². The number of hydrogen-bond acceptors (Lipinski definition) is 6. The summed E-state index contributed by atoms with van der Waals surface area (Å²) in [5, 5.41) is 0. The third-order valence-electron chi connectivity index (χ3n) is 2.15. The molecule has 0 unspecified atom stereocenters. The lowest BCUT2D eigenvalue weighted by Gasteiger charge is -2.20. The van der Waals surface area contributed by atoms with Gasteiger partial charge in [-0.2, -0.15) is 0 Å². The number of hydrogen-bond donors (Lipinski definition) is 0. The standard InChI is InChI=1S/C11H17F2NO6/c1-18-10(16)5-14(6-11(17)19-2)9(15)3-4-20-7-8(12)13/h8H,3-7H2,1-2H3. The molecule has 20 heavy (non-hydrogen) atoms. The molecule has 9 heteroatoms. The second kappa shape index (κ2) is 10.1. The molecule has 0 heterocycles. The normalized spacial score (nSPS) is 10.2. The largest absolute Gasteiger partial charge is 0.468 e. The van der Waals surface area contributed by atoms with Crippen LogP contribution in [-0.2, 0) is 28.6 Å². The predicted molar refractivity (Wildman–Crippen MR) is 62.1 cm³/mol. The van der Waals surface area contributed by atoms with Gasteiger partial charge in [0, 0.05) is 0 Å². The molecule has 0 aliphatic heterocycles. The van der Waals surface area contributed by atoms with Crippen LogP contribution in [0.4, 0.5) is 8.78 Å². The van der Waals surface area contributed by atoms with Crippen molar-refractivity contribution in [3.05, 3.63) is 0 Å². The van der Waals surface area contributed by atoms with E-state index < -0.39 is 44.0 Å². The average molecular weight is 297 g/mol. The summed E-state index contributed by atoms with van der Waals surface area (Å²) in [5.41, 5.74) is 0. The third kappa shape index (κ3) is 8.35. The number of methoxy groups -OCH3 is 2. The molecule has 0 aromatic heterocycles. The van der Waals surface area contributed by atoms with E-state index in [1.165, 1.54) is 0 Å². The Morgan fingerprint density at radius 3 is 1.95 bits per heavy atom. The second-order valence-electron chi connectivity index (χ2n) is 3.62. The van der Waals surface area contributed by atoms with Crippen LogP contribution in [0.5, 0.6) is 0 Å². The van der Waals surface area contributed by atoms with Crippen molar-refractivity contribution in [1.82, 2.24) is 4.90 Å². The minimum Gasteiger partial charge on any atom is -0.468 e. The molecule has 0 N–H and O–H groups in total. The van der Waals surface area contributed by atoms with Crippen LogP contribution < -0.4 is 0 Å². The van der Waals surface area contributed by atoms with Crippen LogP contribution in [0.1, 0.15) is 6.42 Å². The van der Waals surface area contributed by atoms with Crippen molar-refractivity contribution < 1.29 is 37.4 Å². The van der Waals surface area contributed by atoms with E-state index in [0.29, 0.717) is 0 Å². The average Bonchev–Trinajstić information content (AvgIpc) is 2.41. The fourth-order valence-electron chi connectivity index (χ4n) is 1.16. The monoisotopic (exact) mass is 297 g/mol. The van der Waals surface area contributed by atoms with Crippen molar-refractivity contribution in [2.75, 3.05) is 40.5 Å². The summed E-state index contributed by atoms with van der Waals surface area (Å²) in [4.78, 5) is 34.9. The smallest absolute Gasteiger partial charge is 0.325 e. The summed E-state index contributed by atoms with van der Waals surface area (Å²) in [7, 11) is 2.27. The lowest BCUT2D eigenvalue weighted by atomic mass is 10.3. The first-order valence-corrected chi connectivity index (χ1v) is 5.68. The first kappa shape index (κ1) is 18.2. The predicted octanol–water partition coefficient (Wildman–Crippen LogP) is -0.167. The van der Waals surface area contributed by atoms with Crippen molar-refractivity contribution in [2.24, 2.45) is 0 Å². The fraction of sp³-hybridized carbons (Fsp3) is 0.727. The van der Waals surface area contributed by atoms with Crippen molar-refractivity contribution in [2.45, 2.75) is 12.8 Å². The number of carbonyl (C=O) groups excluding carboxylic acids is 3.